The normalized spacial score (nSPS) is 25.1. The van der Waals surface area contributed by atoms with Gasteiger partial charge in [-0.1, -0.05) is 13.8 Å². The van der Waals surface area contributed by atoms with Crippen molar-refractivity contribution in [2.24, 2.45) is 0 Å². The first kappa shape index (κ1) is 13.0. The fourth-order valence-electron chi connectivity index (χ4n) is 2.28. The van der Waals surface area contributed by atoms with Gasteiger partial charge in [-0.15, -0.1) is 11.6 Å². The zero-order chi connectivity index (χ0) is 12.4. The zero-order valence-electron chi connectivity index (χ0n) is 10.1. The van der Waals surface area contributed by atoms with Crippen LogP contribution in [0.1, 0.15) is 19.4 Å². The second-order valence-corrected chi connectivity index (χ2v) is 6.76. The van der Waals surface area contributed by atoms with E-state index in [1.165, 1.54) is 6.07 Å². The number of alkyl halides is 1. The molecule has 4 heteroatoms. The average Bonchev–Trinajstić information content (AvgIpc) is 2.26. The summed E-state index contributed by atoms with van der Waals surface area (Å²) in [7, 11) is 0. The molecule has 94 valence electrons. The number of hydrogen-bond acceptors (Lipinski definition) is 2. The van der Waals surface area contributed by atoms with Gasteiger partial charge in [-0.2, -0.15) is 11.8 Å². The number of nitrogens with zero attached hydrogens (tertiary/aromatic N) is 1. The fourth-order valence-corrected chi connectivity index (χ4v) is 3.76. The van der Waals surface area contributed by atoms with Gasteiger partial charge in [-0.25, -0.2) is 4.39 Å². The standard InChI is InChI=1S/C13H17ClFNS/c1-9-7-16(8-10(2)17-9)13-4-11(6-14)3-12(15)5-13/h3-5,9-10H,6-8H2,1-2H3. The summed E-state index contributed by atoms with van der Waals surface area (Å²) in [4.78, 5) is 2.25. The highest BCUT2D eigenvalue weighted by atomic mass is 35.5. The first-order valence-electron chi connectivity index (χ1n) is 5.84. The molecule has 1 aromatic carbocycles. The molecule has 0 saturated carbocycles. The summed E-state index contributed by atoms with van der Waals surface area (Å²) in [6, 6.07) is 5.10. The molecule has 2 unspecified atom stereocenters. The molecular weight excluding hydrogens is 257 g/mol. The van der Waals surface area contributed by atoms with E-state index in [0.29, 0.717) is 16.4 Å². The van der Waals surface area contributed by atoms with E-state index in [1.54, 1.807) is 6.07 Å². The molecule has 1 saturated heterocycles. The molecule has 2 atom stereocenters. The van der Waals surface area contributed by atoms with Gasteiger partial charge in [0.05, 0.1) is 0 Å². The Hall–Kier alpha value is -0.410. The molecule has 1 aliphatic rings. The van der Waals surface area contributed by atoms with Gasteiger partial charge in [-0.05, 0) is 23.8 Å². The molecule has 1 aliphatic heterocycles. The minimum absolute atomic E-state index is 0.198. The van der Waals surface area contributed by atoms with Crippen molar-refractivity contribution in [3.63, 3.8) is 0 Å². The van der Waals surface area contributed by atoms with Gasteiger partial charge >= 0.3 is 0 Å². The molecule has 1 nitrogen and oxygen atoms in total. The Balaban J connectivity index is 2.23. The maximum Gasteiger partial charge on any atom is 0.125 e. The smallest absolute Gasteiger partial charge is 0.125 e. The van der Waals surface area contributed by atoms with Crippen LogP contribution in [0.2, 0.25) is 0 Å². The van der Waals surface area contributed by atoms with Crippen LogP contribution in [0.25, 0.3) is 0 Å². The van der Waals surface area contributed by atoms with Crippen molar-refractivity contribution in [3.8, 4) is 0 Å². The lowest BCUT2D eigenvalue weighted by atomic mass is 10.2. The molecule has 1 heterocycles. The van der Waals surface area contributed by atoms with Gasteiger partial charge < -0.3 is 4.90 Å². The van der Waals surface area contributed by atoms with E-state index in [2.05, 4.69) is 18.7 Å². The Bertz CT molecular complexity index is 389. The molecule has 0 radical (unpaired) electrons. The van der Waals surface area contributed by atoms with Crippen molar-refractivity contribution in [1.82, 2.24) is 0 Å². The predicted molar refractivity (Wildman–Crippen MR) is 74.7 cm³/mol. The Kier molecular flexibility index (Phi) is 4.21. The number of thioether (sulfide) groups is 1. The lowest BCUT2D eigenvalue weighted by Gasteiger charge is -2.36. The van der Waals surface area contributed by atoms with Crippen molar-refractivity contribution in [1.29, 1.82) is 0 Å². The topological polar surface area (TPSA) is 3.24 Å². The number of hydrogen-bond donors (Lipinski definition) is 0. The van der Waals surface area contributed by atoms with Crippen LogP contribution in [0.15, 0.2) is 18.2 Å². The third-order valence-electron chi connectivity index (χ3n) is 2.88. The van der Waals surface area contributed by atoms with Crippen molar-refractivity contribution in [2.75, 3.05) is 18.0 Å². The van der Waals surface area contributed by atoms with Crippen molar-refractivity contribution >= 4 is 29.1 Å². The molecule has 17 heavy (non-hydrogen) atoms. The van der Waals surface area contributed by atoms with E-state index in [4.69, 9.17) is 11.6 Å². The second-order valence-electron chi connectivity index (χ2n) is 4.61. The highest BCUT2D eigenvalue weighted by Crippen LogP contribution is 2.29. The number of halogens is 2. The Morgan fingerprint density at radius 1 is 1.29 bits per heavy atom. The summed E-state index contributed by atoms with van der Waals surface area (Å²) in [5, 5.41) is 1.17. The van der Waals surface area contributed by atoms with Gasteiger partial charge in [0, 0.05) is 35.2 Å². The lowest BCUT2D eigenvalue weighted by molar-refractivity contribution is 0.623. The van der Waals surface area contributed by atoms with Crippen LogP contribution in [0, 0.1) is 5.82 Å². The number of benzene rings is 1. The minimum atomic E-state index is -0.198. The highest BCUT2D eigenvalue weighted by Gasteiger charge is 2.22. The highest BCUT2D eigenvalue weighted by molar-refractivity contribution is 8.00. The summed E-state index contributed by atoms with van der Waals surface area (Å²) < 4.78 is 13.5. The molecule has 0 aliphatic carbocycles. The summed E-state index contributed by atoms with van der Waals surface area (Å²) in [6.07, 6.45) is 0. The van der Waals surface area contributed by atoms with Crippen LogP contribution in [0.5, 0.6) is 0 Å². The van der Waals surface area contributed by atoms with Crippen molar-refractivity contribution in [3.05, 3.63) is 29.6 Å². The summed E-state index contributed by atoms with van der Waals surface area (Å²) in [5.41, 5.74) is 1.81. The molecule has 0 amide bonds. The monoisotopic (exact) mass is 273 g/mol. The van der Waals surface area contributed by atoms with Crippen LogP contribution in [-0.2, 0) is 5.88 Å². The molecular formula is C13H17ClFNS. The minimum Gasteiger partial charge on any atom is -0.369 e. The lowest BCUT2D eigenvalue weighted by Crippen LogP contribution is -2.40. The summed E-state index contributed by atoms with van der Waals surface area (Å²) >= 11 is 7.77. The zero-order valence-corrected chi connectivity index (χ0v) is 11.7. The number of anilines is 1. The van der Waals surface area contributed by atoms with Gasteiger partial charge in [0.25, 0.3) is 0 Å². The maximum absolute atomic E-state index is 13.5. The molecule has 2 rings (SSSR count). The van der Waals surface area contributed by atoms with Gasteiger partial charge in [0.2, 0.25) is 0 Å². The Morgan fingerprint density at radius 3 is 2.53 bits per heavy atom. The molecule has 0 N–H and O–H groups in total. The maximum atomic E-state index is 13.5. The van der Waals surface area contributed by atoms with Crippen molar-refractivity contribution in [2.45, 2.75) is 30.2 Å². The number of rotatable bonds is 2. The van der Waals surface area contributed by atoms with Gasteiger partial charge in [0.15, 0.2) is 0 Å². The van der Waals surface area contributed by atoms with Gasteiger partial charge in [0.1, 0.15) is 5.82 Å². The molecule has 0 spiro atoms. The second kappa shape index (κ2) is 5.49. The predicted octanol–water partition coefficient (Wildman–Crippen LogP) is 3.89. The largest absolute Gasteiger partial charge is 0.369 e. The van der Waals surface area contributed by atoms with Gasteiger partial charge in [-0.3, -0.25) is 0 Å². The molecule has 0 bridgehead atoms. The molecule has 1 aromatic rings. The molecule has 1 fully saturated rings. The average molecular weight is 274 g/mol. The van der Waals surface area contributed by atoms with Crippen LogP contribution in [0.3, 0.4) is 0 Å². The van der Waals surface area contributed by atoms with Crippen LogP contribution in [-0.4, -0.2) is 23.6 Å². The Labute approximate surface area is 111 Å². The quantitative estimate of drug-likeness (QED) is 0.752. The fraction of sp³-hybridized carbons (Fsp3) is 0.538. The van der Waals surface area contributed by atoms with Crippen LogP contribution >= 0.6 is 23.4 Å². The van der Waals surface area contributed by atoms with E-state index < -0.39 is 0 Å². The van der Waals surface area contributed by atoms with E-state index in [1.807, 2.05) is 17.8 Å². The first-order valence-corrected chi connectivity index (χ1v) is 7.32. The SMILES string of the molecule is CC1CN(c2cc(F)cc(CCl)c2)CC(C)S1. The van der Waals surface area contributed by atoms with E-state index in [-0.39, 0.29) is 5.82 Å². The van der Waals surface area contributed by atoms with Crippen molar-refractivity contribution < 1.29 is 4.39 Å². The van der Waals surface area contributed by atoms with E-state index in [9.17, 15) is 4.39 Å². The third kappa shape index (κ3) is 3.29. The summed E-state index contributed by atoms with van der Waals surface area (Å²) in [5.74, 6) is 0.162. The van der Waals surface area contributed by atoms with E-state index >= 15 is 0 Å². The van der Waals surface area contributed by atoms with E-state index in [0.717, 1.165) is 24.3 Å². The van der Waals surface area contributed by atoms with Crippen LogP contribution in [0.4, 0.5) is 10.1 Å². The third-order valence-corrected chi connectivity index (χ3v) is 4.42. The van der Waals surface area contributed by atoms with Crippen LogP contribution < -0.4 is 4.90 Å². The Morgan fingerprint density at radius 2 is 1.94 bits per heavy atom. The first-order chi connectivity index (χ1) is 8.08. The summed E-state index contributed by atoms with van der Waals surface area (Å²) in [6.45, 7) is 6.38. The molecule has 0 aromatic heterocycles.